The molecule has 0 saturated carbocycles. The predicted octanol–water partition coefficient (Wildman–Crippen LogP) is 5.74. The van der Waals surface area contributed by atoms with Crippen molar-refractivity contribution in [3.05, 3.63) is 106 Å². The van der Waals surface area contributed by atoms with Crippen molar-refractivity contribution in [3.63, 3.8) is 0 Å². The van der Waals surface area contributed by atoms with Gasteiger partial charge in [0.15, 0.2) is 0 Å². The first-order valence-corrected chi connectivity index (χ1v) is 13.5. The summed E-state index contributed by atoms with van der Waals surface area (Å²) < 4.78 is 6.06. The van der Waals surface area contributed by atoms with Gasteiger partial charge in [-0.3, -0.25) is 14.4 Å². The van der Waals surface area contributed by atoms with Crippen LogP contribution in [-0.4, -0.2) is 41.3 Å². The third kappa shape index (κ3) is 7.51. The molecule has 0 spiro atoms. The molecule has 42 heavy (non-hydrogen) atoms. The summed E-state index contributed by atoms with van der Waals surface area (Å²) in [5.74, 6) is -0.314. The lowest BCUT2D eigenvalue weighted by Crippen LogP contribution is -2.37. The second-order valence-electron chi connectivity index (χ2n) is 9.10. The molecule has 214 valence electrons. The van der Waals surface area contributed by atoms with Crippen LogP contribution >= 0.6 is 23.2 Å². The van der Waals surface area contributed by atoms with Crippen LogP contribution in [0.5, 0.6) is 5.75 Å². The van der Waals surface area contributed by atoms with Crippen LogP contribution < -0.4 is 20.3 Å². The van der Waals surface area contributed by atoms with Gasteiger partial charge in [-0.05, 0) is 61.0 Å². The second-order valence-corrected chi connectivity index (χ2v) is 9.89. The Bertz CT molecular complexity index is 1690. The van der Waals surface area contributed by atoms with Gasteiger partial charge in [0.1, 0.15) is 23.7 Å². The van der Waals surface area contributed by atoms with Crippen LogP contribution in [0.15, 0.2) is 79.5 Å². The molecule has 0 aliphatic rings. The van der Waals surface area contributed by atoms with Gasteiger partial charge < -0.3 is 20.3 Å². The zero-order valence-electron chi connectivity index (χ0n) is 22.9. The summed E-state index contributed by atoms with van der Waals surface area (Å²) in [5, 5.41) is 6.67. The van der Waals surface area contributed by atoms with Crippen LogP contribution in [0.4, 0.5) is 11.5 Å². The fourth-order valence-electron chi connectivity index (χ4n) is 3.86. The van der Waals surface area contributed by atoms with E-state index in [0.29, 0.717) is 33.4 Å². The fraction of sp³-hybridized carbons (Fsp3) is 0.129. The maximum absolute atomic E-state index is 12.9. The Balaban J connectivity index is 1.37. The summed E-state index contributed by atoms with van der Waals surface area (Å²) in [4.78, 5) is 46.5. The van der Waals surface area contributed by atoms with Crippen molar-refractivity contribution in [2.45, 2.75) is 13.5 Å². The van der Waals surface area contributed by atoms with Crippen LogP contribution in [0, 0.1) is 6.92 Å². The number of rotatable bonds is 10. The molecular weight excluding hydrogens is 577 g/mol. The number of carbonyl (C=O) groups excluding carboxylic acids is 3. The minimum Gasteiger partial charge on any atom is -0.487 e. The number of anilines is 2. The summed E-state index contributed by atoms with van der Waals surface area (Å²) in [5.41, 5.74) is 3.14. The molecule has 0 bridgehead atoms. The van der Waals surface area contributed by atoms with Crippen LogP contribution in [0.3, 0.4) is 0 Å². The van der Waals surface area contributed by atoms with E-state index < -0.39 is 11.8 Å². The Morgan fingerprint density at radius 2 is 1.86 bits per heavy atom. The lowest BCUT2D eigenvalue weighted by atomic mass is 10.1. The zero-order chi connectivity index (χ0) is 30.2. The normalized spacial score (nSPS) is 10.9. The number of nitrogens with one attached hydrogen (secondary N) is 2. The second kappa shape index (κ2) is 13.8. The van der Waals surface area contributed by atoms with Gasteiger partial charge in [-0.1, -0.05) is 48.0 Å². The number of hydrogen-bond donors (Lipinski definition) is 2. The molecule has 2 N–H and O–H groups in total. The molecule has 0 aliphatic heterocycles. The molecule has 0 aliphatic carbocycles. The maximum Gasteiger partial charge on any atom is 0.248 e. The molecular formula is C31H27Cl2N5O4. The molecule has 0 saturated heterocycles. The van der Waals surface area contributed by atoms with Crippen LogP contribution in [0.25, 0.3) is 17.0 Å². The highest BCUT2D eigenvalue weighted by Crippen LogP contribution is 2.35. The monoisotopic (exact) mass is 603 g/mol. The number of likely N-dealkylation sites (N-methyl/N-ethyl adjacent to an activating group) is 1. The van der Waals surface area contributed by atoms with E-state index in [4.69, 9.17) is 27.9 Å². The van der Waals surface area contributed by atoms with E-state index in [-0.39, 0.29) is 24.1 Å². The lowest BCUT2D eigenvalue weighted by molar-refractivity contribution is -0.122. The first-order valence-electron chi connectivity index (χ1n) is 12.7. The minimum atomic E-state index is -0.476. The molecule has 3 amide bonds. The van der Waals surface area contributed by atoms with Crippen molar-refractivity contribution in [1.82, 2.24) is 15.3 Å². The van der Waals surface area contributed by atoms with Gasteiger partial charge in [-0.2, -0.15) is 0 Å². The van der Waals surface area contributed by atoms with Crippen molar-refractivity contribution in [3.8, 4) is 5.75 Å². The molecule has 2 aromatic heterocycles. The van der Waals surface area contributed by atoms with E-state index in [9.17, 15) is 14.4 Å². The molecule has 0 unspecified atom stereocenters. The van der Waals surface area contributed by atoms with E-state index in [1.807, 2.05) is 37.3 Å². The SMILES string of the molecule is C=CC(=O)Nc1ccc(C=CC(=O)NCC(=O)N(C)c2ccc(Cl)c(COc3cccc4ccc(C)nc34)c2Cl)cn1. The molecule has 0 fully saturated rings. The Hall–Kier alpha value is -4.73. The number of aromatic nitrogens is 2. The number of ether oxygens (including phenoxy) is 1. The summed E-state index contributed by atoms with van der Waals surface area (Å²) >= 11 is 13.1. The molecule has 4 rings (SSSR count). The van der Waals surface area contributed by atoms with E-state index in [1.165, 1.54) is 23.2 Å². The average molecular weight is 604 g/mol. The zero-order valence-corrected chi connectivity index (χ0v) is 24.4. The quantitative estimate of drug-likeness (QED) is 0.223. The number of nitrogens with zero attached hydrogens (tertiary/aromatic N) is 3. The van der Waals surface area contributed by atoms with Gasteiger partial charge in [-0.15, -0.1) is 0 Å². The van der Waals surface area contributed by atoms with Crippen LogP contribution in [-0.2, 0) is 21.0 Å². The van der Waals surface area contributed by atoms with Crippen LogP contribution in [0.2, 0.25) is 10.0 Å². The lowest BCUT2D eigenvalue weighted by Gasteiger charge is -2.21. The molecule has 0 radical (unpaired) electrons. The summed E-state index contributed by atoms with van der Waals surface area (Å²) in [6.45, 7) is 5.07. The molecule has 4 aromatic rings. The number of amides is 3. The van der Waals surface area contributed by atoms with Gasteiger partial charge in [0.25, 0.3) is 0 Å². The molecule has 9 nitrogen and oxygen atoms in total. The standard InChI is InChI=1S/C31H27Cl2N5O4/c1-4-27(39)37-26-14-9-20(16-34-26)10-15-28(40)35-17-29(41)38(3)24-13-12-23(32)22(30(24)33)18-42-25-7-5-6-21-11-8-19(2)36-31(21)25/h4-16H,1,17-18H2,2-3H3,(H,35,40)(H,34,37,39). The topological polar surface area (TPSA) is 114 Å². The van der Waals surface area contributed by atoms with Crippen molar-refractivity contribution >= 4 is 69.4 Å². The average Bonchev–Trinajstić information content (AvgIpc) is 2.99. The molecule has 11 heteroatoms. The number of para-hydroxylation sites is 1. The number of hydrogen-bond acceptors (Lipinski definition) is 6. The number of aryl methyl sites for hydroxylation is 1. The number of pyridine rings is 2. The van der Waals surface area contributed by atoms with Crippen LogP contribution in [0.1, 0.15) is 16.8 Å². The summed E-state index contributed by atoms with van der Waals surface area (Å²) in [6.07, 6.45) is 5.44. The highest BCUT2D eigenvalue weighted by atomic mass is 35.5. The van der Waals surface area contributed by atoms with Gasteiger partial charge >= 0.3 is 0 Å². The maximum atomic E-state index is 12.9. The van der Waals surface area contributed by atoms with Crippen molar-refractivity contribution in [1.29, 1.82) is 0 Å². The van der Waals surface area contributed by atoms with Crippen molar-refractivity contribution in [2.24, 2.45) is 0 Å². The van der Waals surface area contributed by atoms with Crippen molar-refractivity contribution in [2.75, 3.05) is 23.8 Å². The van der Waals surface area contributed by atoms with E-state index in [0.717, 1.165) is 22.7 Å². The van der Waals surface area contributed by atoms with E-state index >= 15 is 0 Å². The summed E-state index contributed by atoms with van der Waals surface area (Å²) in [6, 6.07) is 16.1. The first-order chi connectivity index (χ1) is 20.2. The number of benzene rings is 2. The number of fused-ring (bicyclic) bond motifs is 1. The van der Waals surface area contributed by atoms with Gasteiger partial charge in [0.2, 0.25) is 17.7 Å². The Morgan fingerprint density at radius 3 is 2.60 bits per heavy atom. The Morgan fingerprint density at radius 1 is 1.05 bits per heavy atom. The Kier molecular flexibility index (Phi) is 9.90. The van der Waals surface area contributed by atoms with Gasteiger partial charge in [-0.25, -0.2) is 9.97 Å². The molecule has 2 heterocycles. The van der Waals surface area contributed by atoms with E-state index in [1.54, 1.807) is 31.3 Å². The largest absolute Gasteiger partial charge is 0.487 e. The summed E-state index contributed by atoms with van der Waals surface area (Å²) in [7, 11) is 1.56. The Labute approximate surface area is 252 Å². The number of halogens is 2. The predicted molar refractivity (Wildman–Crippen MR) is 166 cm³/mol. The smallest absolute Gasteiger partial charge is 0.248 e. The first kappa shape index (κ1) is 30.2. The van der Waals surface area contributed by atoms with Crippen molar-refractivity contribution < 1.29 is 19.1 Å². The molecule has 2 aromatic carbocycles. The molecule has 0 atom stereocenters. The van der Waals surface area contributed by atoms with Gasteiger partial charge in [0.05, 0.1) is 17.3 Å². The fourth-order valence-corrected chi connectivity index (χ4v) is 4.47. The number of carbonyl (C=O) groups is 3. The highest BCUT2D eigenvalue weighted by molar-refractivity contribution is 6.38. The van der Waals surface area contributed by atoms with Gasteiger partial charge in [0, 0.05) is 41.0 Å². The van der Waals surface area contributed by atoms with E-state index in [2.05, 4.69) is 27.2 Å². The third-order valence-electron chi connectivity index (χ3n) is 6.16. The third-order valence-corrected chi connectivity index (χ3v) is 6.94. The highest BCUT2D eigenvalue weighted by Gasteiger charge is 2.19. The minimum absolute atomic E-state index is 0.0558.